The first-order valence-corrected chi connectivity index (χ1v) is 10.2. The van der Waals surface area contributed by atoms with Gasteiger partial charge in [-0.15, -0.1) is 11.3 Å². The molecule has 0 spiro atoms. The number of thiophene rings is 1. The van der Waals surface area contributed by atoms with Crippen molar-refractivity contribution < 1.29 is 0 Å². The highest BCUT2D eigenvalue weighted by molar-refractivity contribution is 7.15. The van der Waals surface area contributed by atoms with Crippen LogP contribution < -0.4 is 0 Å². The molecule has 0 fully saturated rings. The highest BCUT2D eigenvalue weighted by Gasteiger charge is 2.19. The lowest BCUT2D eigenvalue weighted by Crippen LogP contribution is -2.30. The topological polar surface area (TPSA) is 29.0 Å². The molecule has 0 saturated heterocycles. The van der Waals surface area contributed by atoms with Crippen LogP contribution >= 0.6 is 11.3 Å². The van der Waals surface area contributed by atoms with Gasteiger partial charge in [0.25, 0.3) is 0 Å². The molecular weight excluding hydrogens is 338 g/mol. The van der Waals surface area contributed by atoms with Crippen molar-refractivity contribution in [1.82, 2.24) is 14.9 Å². The Morgan fingerprint density at radius 1 is 1.12 bits per heavy atom. The van der Waals surface area contributed by atoms with Crippen LogP contribution in [0.3, 0.4) is 0 Å². The van der Waals surface area contributed by atoms with Crippen LogP contribution in [0.5, 0.6) is 0 Å². The summed E-state index contributed by atoms with van der Waals surface area (Å²) >= 11 is 1.90. The first kappa shape index (κ1) is 17.4. The minimum absolute atomic E-state index is 0.958. The van der Waals surface area contributed by atoms with Gasteiger partial charge in [0.1, 0.15) is 5.82 Å². The normalized spacial score (nSPS) is 14.4. The molecule has 3 heterocycles. The van der Waals surface area contributed by atoms with Gasteiger partial charge >= 0.3 is 0 Å². The van der Waals surface area contributed by atoms with Crippen molar-refractivity contribution in [2.45, 2.75) is 46.2 Å². The van der Waals surface area contributed by atoms with Crippen LogP contribution in [0, 0.1) is 6.92 Å². The molecule has 4 rings (SSSR count). The van der Waals surface area contributed by atoms with E-state index in [1.807, 2.05) is 17.5 Å². The Morgan fingerprint density at radius 2 is 1.96 bits per heavy atom. The summed E-state index contributed by atoms with van der Waals surface area (Å²) in [6, 6.07) is 13.3. The van der Waals surface area contributed by atoms with Gasteiger partial charge in [-0.2, -0.15) is 0 Å². The van der Waals surface area contributed by atoms with Crippen LogP contribution in [-0.2, 0) is 25.9 Å². The molecule has 0 aliphatic carbocycles. The van der Waals surface area contributed by atoms with Crippen molar-refractivity contribution >= 4 is 11.3 Å². The highest BCUT2D eigenvalue weighted by atomic mass is 32.1. The summed E-state index contributed by atoms with van der Waals surface area (Å²) < 4.78 is 0. The molecule has 1 aliphatic rings. The summed E-state index contributed by atoms with van der Waals surface area (Å²) in [7, 11) is 0. The molecule has 3 nitrogen and oxygen atoms in total. The fourth-order valence-electron chi connectivity index (χ4n) is 3.45. The third-order valence-corrected chi connectivity index (χ3v) is 6.03. The second kappa shape index (κ2) is 7.68. The largest absolute Gasteiger partial charge is 0.293 e. The number of aromatic nitrogens is 2. The zero-order chi connectivity index (χ0) is 17.9. The standard InChI is InChI=1S/C22H25N3S/c1-3-4-22-23-13-18-14-25(12-11-20(18)24-22)15-19-9-10-21(26-19)17-7-5-16(2)6-8-17/h5-10,13H,3-4,11-12,14-15H2,1-2H3. The maximum Gasteiger partial charge on any atom is 0.128 e. The van der Waals surface area contributed by atoms with Gasteiger partial charge in [0, 0.05) is 59.7 Å². The molecule has 0 radical (unpaired) electrons. The SMILES string of the molecule is CCCc1ncc2c(n1)CCN(Cc1ccc(-c3ccc(C)cc3)s1)C2. The van der Waals surface area contributed by atoms with Gasteiger partial charge in [-0.05, 0) is 31.0 Å². The smallest absolute Gasteiger partial charge is 0.128 e. The fraction of sp³-hybridized carbons (Fsp3) is 0.364. The molecule has 1 aromatic carbocycles. The summed E-state index contributed by atoms with van der Waals surface area (Å²) in [4.78, 5) is 14.6. The zero-order valence-electron chi connectivity index (χ0n) is 15.5. The Morgan fingerprint density at radius 3 is 2.77 bits per heavy atom. The predicted octanol–water partition coefficient (Wildman–Crippen LogP) is 5.02. The summed E-state index contributed by atoms with van der Waals surface area (Å²) in [6.07, 6.45) is 5.16. The first-order chi connectivity index (χ1) is 12.7. The lowest BCUT2D eigenvalue weighted by atomic mass is 10.1. The molecular formula is C22H25N3S. The van der Waals surface area contributed by atoms with Gasteiger partial charge in [-0.1, -0.05) is 36.8 Å². The molecule has 0 N–H and O–H groups in total. The summed E-state index contributed by atoms with van der Waals surface area (Å²) in [5, 5.41) is 0. The number of rotatable bonds is 5. The molecule has 4 heteroatoms. The average molecular weight is 364 g/mol. The molecule has 1 aliphatic heterocycles. The van der Waals surface area contributed by atoms with Gasteiger partial charge in [0.2, 0.25) is 0 Å². The van der Waals surface area contributed by atoms with Crippen LogP contribution in [-0.4, -0.2) is 21.4 Å². The van der Waals surface area contributed by atoms with Crippen molar-refractivity contribution in [3.8, 4) is 10.4 Å². The average Bonchev–Trinajstić information content (AvgIpc) is 3.11. The molecule has 0 bridgehead atoms. The lowest BCUT2D eigenvalue weighted by molar-refractivity contribution is 0.244. The second-order valence-electron chi connectivity index (χ2n) is 7.10. The van der Waals surface area contributed by atoms with Gasteiger partial charge in [0.05, 0.1) is 0 Å². The molecule has 3 aromatic rings. The van der Waals surface area contributed by atoms with E-state index in [2.05, 4.69) is 60.1 Å². The molecule has 0 atom stereocenters. The number of fused-ring (bicyclic) bond motifs is 1. The quantitative estimate of drug-likeness (QED) is 0.637. The van der Waals surface area contributed by atoms with Crippen LogP contribution in [0.2, 0.25) is 0 Å². The van der Waals surface area contributed by atoms with E-state index in [0.29, 0.717) is 0 Å². The molecule has 0 saturated carbocycles. The van der Waals surface area contributed by atoms with Crippen molar-refractivity contribution in [1.29, 1.82) is 0 Å². The van der Waals surface area contributed by atoms with Crippen LogP contribution in [0.1, 0.15) is 40.9 Å². The number of aryl methyl sites for hydroxylation is 2. The molecule has 0 amide bonds. The third kappa shape index (κ3) is 3.87. The molecule has 134 valence electrons. The Balaban J connectivity index is 1.43. The van der Waals surface area contributed by atoms with Crippen molar-refractivity contribution in [2.24, 2.45) is 0 Å². The summed E-state index contributed by atoms with van der Waals surface area (Å²) in [5.74, 6) is 1.00. The zero-order valence-corrected chi connectivity index (χ0v) is 16.4. The van der Waals surface area contributed by atoms with Gasteiger partial charge < -0.3 is 0 Å². The minimum Gasteiger partial charge on any atom is -0.293 e. The maximum atomic E-state index is 4.76. The van der Waals surface area contributed by atoms with Crippen LogP contribution in [0.25, 0.3) is 10.4 Å². The Kier molecular flexibility index (Phi) is 5.14. The summed E-state index contributed by atoms with van der Waals surface area (Å²) in [6.45, 7) is 7.35. The van der Waals surface area contributed by atoms with Crippen molar-refractivity contribution in [3.05, 3.63) is 70.1 Å². The second-order valence-corrected chi connectivity index (χ2v) is 8.27. The summed E-state index contributed by atoms with van der Waals surface area (Å²) in [5.41, 5.74) is 5.17. The number of nitrogens with zero attached hydrogens (tertiary/aromatic N) is 3. The van der Waals surface area contributed by atoms with Gasteiger partial charge in [-0.3, -0.25) is 4.90 Å². The Bertz CT molecular complexity index is 883. The molecule has 26 heavy (non-hydrogen) atoms. The van der Waals surface area contributed by atoms with Crippen molar-refractivity contribution in [2.75, 3.05) is 6.54 Å². The minimum atomic E-state index is 0.958. The third-order valence-electron chi connectivity index (χ3n) is 4.91. The van der Waals surface area contributed by atoms with E-state index in [-0.39, 0.29) is 0 Å². The van der Waals surface area contributed by atoms with E-state index in [9.17, 15) is 0 Å². The van der Waals surface area contributed by atoms with Crippen LogP contribution in [0.15, 0.2) is 42.6 Å². The molecule has 2 aromatic heterocycles. The Hall–Kier alpha value is -2.04. The Labute approximate surface area is 159 Å². The van der Waals surface area contributed by atoms with E-state index >= 15 is 0 Å². The van der Waals surface area contributed by atoms with Crippen molar-refractivity contribution in [3.63, 3.8) is 0 Å². The number of hydrogen-bond acceptors (Lipinski definition) is 4. The van der Waals surface area contributed by atoms with E-state index in [1.165, 1.54) is 32.1 Å². The maximum absolute atomic E-state index is 4.76. The van der Waals surface area contributed by atoms with E-state index in [0.717, 1.165) is 44.7 Å². The van der Waals surface area contributed by atoms with Gasteiger partial charge in [-0.25, -0.2) is 9.97 Å². The van der Waals surface area contributed by atoms with E-state index in [4.69, 9.17) is 4.98 Å². The number of benzene rings is 1. The molecule has 0 unspecified atom stereocenters. The van der Waals surface area contributed by atoms with E-state index < -0.39 is 0 Å². The monoisotopic (exact) mass is 363 g/mol. The number of hydrogen-bond donors (Lipinski definition) is 0. The van der Waals surface area contributed by atoms with Crippen LogP contribution in [0.4, 0.5) is 0 Å². The highest BCUT2D eigenvalue weighted by Crippen LogP contribution is 2.30. The lowest BCUT2D eigenvalue weighted by Gasteiger charge is -2.27. The van der Waals surface area contributed by atoms with Gasteiger partial charge in [0.15, 0.2) is 0 Å². The first-order valence-electron chi connectivity index (χ1n) is 9.43. The fourth-order valence-corrected chi connectivity index (χ4v) is 4.51. The van der Waals surface area contributed by atoms with E-state index in [1.54, 1.807) is 0 Å². The predicted molar refractivity (Wildman–Crippen MR) is 108 cm³/mol.